The molecule has 6 aliphatic heterocycles. The van der Waals surface area contributed by atoms with Crippen LogP contribution in [-0.2, 0) is 54.5 Å². The van der Waals surface area contributed by atoms with Gasteiger partial charge >= 0.3 is 24.2 Å². The second kappa shape index (κ2) is 8.16. The molecule has 0 spiro atoms. The Labute approximate surface area is 149 Å². The molecule has 0 radical (unpaired) electrons. The summed E-state index contributed by atoms with van der Waals surface area (Å²) < 4.78 is 68.4. The molecule has 0 atom stereocenters. The van der Waals surface area contributed by atoms with E-state index in [9.17, 15) is 4.57 Å². The zero-order valence-corrected chi connectivity index (χ0v) is 16.2. The van der Waals surface area contributed by atoms with Crippen molar-refractivity contribution >= 4 is 24.2 Å². The van der Waals surface area contributed by atoms with Crippen LogP contribution in [0.3, 0.4) is 0 Å². The Hall–Kier alpha value is 0.610. The molecule has 6 aliphatic rings. The average molecular weight is 440 g/mol. The lowest BCUT2D eigenvalue weighted by Crippen LogP contribution is -2.36. The van der Waals surface area contributed by atoms with E-state index in [0.29, 0.717) is 39.6 Å². The van der Waals surface area contributed by atoms with E-state index in [0.717, 1.165) is 0 Å². The van der Waals surface area contributed by atoms with Crippen LogP contribution in [0.1, 0.15) is 0 Å². The van der Waals surface area contributed by atoms with Crippen LogP contribution >= 0.6 is 24.2 Å². The lowest BCUT2D eigenvalue weighted by atomic mass is 10.2. The second-order valence-electron chi connectivity index (χ2n) is 5.68. The molecule has 4 bridgehead atoms. The van der Waals surface area contributed by atoms with Crippen LogP contribution in [0, 0.1) is 11.8 Å². The van der Waals surface area contributed by atoms with Crippen molar-refractivity contribution in [3.8, 4) is 0 Å². The number of phosphoric ester groups is 1. The predicted octanol–water partition coefficient (Wildman–Crippen LogP) is 2.31. The first-order valence-electron chi connectivity index (χ1n) is 7.71. The Bertz CT molecular complexity index is 463. The fourth-order valence-corrected chi connectivity index (χ4v) is 6.62. The van der Waals surface area contributed by atoms with Crippen LogP contribution in [0.2, 0.25) is 0 Å². The number of rotatable bonds is 9. The van der Waals surface area contributed by atoms with Crippen molar-refractivity contribution in [2.24, 2.45) is 11.8 Å². The van der Waals surface area contributed by atoms with E-state index in [1.54, 1.807) is 0 Å². The van der Waals surface area contributed by atoms with Crippen LogP contribution in [0.5, 0.6) is 0 Å². The summed E-state index contributed by atoms with van der Waals surface area (Å²) in [6.07, 6.45) is 0. The molecule has 13 nitrogen and oxygen atoms in total. The van der Waals surface area contributed by atoms with Gasteiger partial charge < -0.3 is 0 Å². The Kier molecular flexibility index (Phi) is 6.24. The van der Waals surface area contributed by atoms with E-state index in [4.69, 9.17) is 50.5 Å². The summed E-state index contributed by atoms with van der Waals surface area (Å²) in [5.41, 5.74) is 0. The summed E-state index contributed by atoms with van der Waals surface area (Å²) >= 11 is 0. The van der Waals surface area contributed by atoms with Gasteiger partial charge in [0.1, 0.15) is 39.6 Å². The zero-order valence-electron chi connectivity index (χ0n) is 13.5. The minimum Gasteiger partial charge on any atom is -0.253 e. The van der Waals surface area contributed by atoms with Crippen molar-refractivity contribution in [2.45, 2.75) is 0 Å². The normalized spacial score (nSPS) is 41.3. The smallest absolute Gasteiger partial charge is 0.253 e. The standard InChI is InChI=1S/C10H18O13P3/c11-23-24(12,19-7-21-25-13-1-9(2-14-25)3-15-25)20-8-22-26-16-4-10(5-17-26)6-18-26/h9-10H,1-8H2/q+1/p+1. The van der Waals surface area contributed by atoms with Crippen LogP contribution < -0.4 is 0 Å². The molecule has 0 aromatic rings. The van der Waals surface area contributed by atoms with Crippen LogP contribution in [0.4, 0.5) is 0 Å². The Balaban J connectivity index is 1.21. The van der Waals surface area contributed by atoms with Gasteiger partial charge in [-0.05, 0) is 0 Å². The maximum absolute atomic E-state index is 12.2. The van der Waals surface area contributed by atoms with E-state index < -0.39 is 37.7 Å². The topological polar surface area (TPSA) is 139 Å². The molecule has 0 aliphatic carbocycles. The van der Waals surface area contributed by atoms with Crippen molar-refractivity contribution in [2.75, 3.05) is 53.2 Å². The number of fused-ring (bicyclic) bond motifs is 6. The van der Waals surface area contributed by atoms with Crippen LogP contribution in [-0.4, -0.2) is 58.5 Å². The van der Waals surface area contributed by atoms with E-state index in [1.807, 2.05) is 0 Å². The summed E-state index contributed by atoms with van der Waals surface area (Å²) in [5, 5.41) is 8.82. The SMILES string of the molecule is O=P(OO)(OCO[P+]12OCC(CO1)CO2)OCO[P+]12OCC(CO1)CO2. The third kappa shape index (κ3) is 4.44. The van der Waals surface area contributed by atoms with Crippen LogP contribution in [0.25, 0.3) is 0 Å². The van der Waals surface area contributed by atoms with Crippen molar-refractivity contribution in [3.05, 3.63) is 0 Å². The third-order valence-electron chi connectivity index (χ3n) is 3.75. The van der Waals surface area contributed by atoms with E-state index >= 15 is 0 Å². The maximum atomic E-state index is 12.2. The van der Waals surface area contributed by atoms with Gasteiger partial charge in [0.15, 0.2) is 0 Å². The Morgan fingerprint density at radius 2 is 1.12 bits per heavy atom. The molecule has 6 fully saturated rings. The van der Waals surface area contributed by atoms with Crippen molar-refractivity contribution in [1.82, 2.24) is 0 Å². The highest BCUT2D eigenvalue weighted by atomic mass is 31.2. The van der Waals surface area contributed by atoms with Crippen molar-refractivity contribution < 1.29 is 59.7 Å². The molecular formula is C10H19O13P3+2. The molecule has 6 saturated heterocycles. The molecule has 0 unspecified atom stereocenters. The maximum Gasteiger partial charge on any atom is 0.577 e. The summed E-state index contributed by atoms with van der Waals surface area (Å²) in [4.78, 5) is 0. The van der Waals surface area contributed by atoms with Gasteiger partial charge in [0.25, 0.3) is 0 Å². The minimum atomic E-state index is -4.38. The molecule has 6 rings (SSSR count). The van der Waals surface area contributed by atoms with Crippen LogP contribution in [0.15, 0.2) is 0 Å². The molecule has 0 amide bonds. The molecule has 0 saturated carbocycles. The number of hydrogen-bond donors (Lipinski definition) is 1. The van der Waals surface area contributed by atoms with Gasteiger partial charge in [0, 0.05) is 11.8 Å². The fourth-order valence-electron chi connectivity index (χ4n) is 2.31. The average Bonchev–Trinajstić information content (AvgIpc) is 2.70. The Morgan fingerprint density at radius 1 is 0.769 bits per heavy atom. The van der Waals surface area contributed by atoms with Gasteiger partial charge in [-0.15, -0.1) is 13.7 Å². The van der Waals surface area contributed by atoms with Gasteiger partial charge in [-0.25, -0.2) is 9.82 Å². The molecule has 1 N–H and O–H groups in total. The third-order valence-corrected chi connectivity index (χ3v) is 8.43. The monoisotopic (exact) mass is 440 g/mol. The molecular weight excluding hydrogens is 421 g/mol. The molecule has 0 aromatic carbocycles. The van der Waals surface area contributed by atoms with Gasteiger partial charge in [-0.1, -0.05) is 0 Å². The summed E-state index contributed by atoms with van der Waals surface area (Å²) in [7, 11) is -10.4. The predicted molar refractivity (Wildman–Crippen MR) is 81.9 cm³/mol. The first-order valence-corrected chi connectivity index (χ1v) is 12.1. The fraction of sp³-hybridized carbons (Fsp3) is 1.00. The Morgan fingerprint density at radius 3 is 1.42 bits per heavy atom. The quantitative estimate of drug-likeness (QED) is 0.243. The molecule has 150 valence electrons. The van der Waals surface area contributed by atoms with Gasteiger partial charge in [0.05, 0.1) is 0 Å². The second-order valence-corrected chi connectivity index (χ2v) is 11.1. The van der Waals surface area contributed by atoms with Crippen molar-refractivity contribution in [3.63, 3.8) is 0 Å². The summed E-state index contributed by atoms with van der Waals surface area (Å²) in [6.45, 7) is 1.41. The highest BCUT2D eigenvalue weighted by Gasteiger charge is 2.60. The molecule has 6 heterocycles. The van der Waals surface area contributed by atoms with E-state index in [-0.39, 0.29) is 11.8 Å². The zero-order chi connectivity index (χ0) is 18.1. The molecule has 0 aromatic heterocycles. The highest BCUT2D eigenvalue weighted by Crippen LogP contribution is 2.70. The van der Waals surface area contributed by atoms with E-state index in [2.05, 4.69) is 4.67 Å². The van der Waals surface area contributed by atoms with Gasteiger partial charge in [-0.3, -0.25) is 9.05 Å². The van der Waals surface area contributed by atoms with Gasteiger partial charge in [-0.2, -0.15) is 27.1 Å². The lowest BCUT2D eigenvalue weighted by molar-refractivity contribution is -0.178. The number of hydrogen-bond acceptors (Lipinski definition) is 13. The summed E-state index contributed by atoms with van der Waals surface area (Å²) in [5.74, 6) is 0.330. The first-order chi connectivity index (χ1) is 12.5. The lowest BCUT2D eigenvalue weighted by Gasteiger charge is -2.33. The first kappa shape index (κ1) is 19.9. The van der Waals surface area contributed by atoms with E-state index in [1.165, 1.54) is 0 Å². The minimum absolute atomic E-state index is 0.165. The number of phosphoric acid groups is 1. The van der Waals surface area contributed by atoms with Crippen molar-refractivity contribution in [1.29, 1.82) is 0 Å². The van der Waals surface area contributed by atoms with Gasteiger partial charge in [0.2, 0.25) is 13.6 Å². The largest absolute Gasteiger partial charge is 0.577 e. The molecule has 26 heavy (non-hydrogen) atoms. The highest BCUT2D eigenvalue weighted by molar-refractivity contribution is 7.57. The summed E-state index contributed by atoms with van der Waals surface area (Å²) in [6, 6.07) is 0. The molecule has 16 heteroatoms.